The summed E-state index contributed by atoms with van der Waals surface area (Å²) in [6.07, 6.45) is 0. The van der Waals surface area contributed by atoms with Crippen molar-refractivity contribution in [3.05, 3.63) is 50.0 Å². The molecule has 0 unspecified atom stereocenters. The first kappa shape index (κ1) is 20.9. The molecular formula is C21H10N4O3S4. The van der Waals surface area contributed by atoms with E-state index in [1.54, 1.807) is 19.1 Å². The molecule has 1 amide bonds. The van der Waals surface area contributed by atoms with Gasteiger partial charge in [0.05, 0.1) is 45.0 Å². The van der Waals surface area contributed by atoms with Crippen LogP contribution in [0.1, 0.15) is 6.92 Å². The third kappa shape index (κ3) is 3.09. The Hall–Kier alpha value is -2.96. The monoisotopic (exact) mass is 494 g/mol. The fourth-order valence-corrected chi connectivity index (χ4v) is 8.55. The Kier molecular flexibility index (Phi) is 5.14. The van der Waals surface area contributed by atoms with E-state index in [1.807, 2.05) is 30.3 Å². The topological polar surface area (TPSA) is 121 Å². The van der Waals surface area contributed by atoms with Crippen molar-refractivity contribution < 1.29 is 15.0 Å². The number of hydrogen-bond acceptors (Lipinski definition) is 10. The first-order valence-electron chi connectivity index (χ1n) is 9.01. The number of nitrogens with zero attached hydrogens (tertiary/aromatic N) is 4. The number of anilines is 1. The summed E-state index contributed by atoms with van der Waals surface area (Å²) in [7, 11) is 0. The molecule has 5 rings (SSSR count). The van der Waals surface area contributed by atoms with Gasteiger partial charge in [0.25, 0.3) is 5.91 Å². The van der Waals surface area contributed by atoms with Gasteiger partial charge >= 0.3 is 0 Å². The van der Waals surface area contributed by atoms with Crippen molar-refractivity contribution in [2.75, 3.05) is 5.01 Å². The molecule has 0 fully saturated rings. The van der Waals surface area contributed by atoms with Gasteiger partial charge in [-0.25, -0.2) is 0 Å². The SMILES string of the molecule is CC1=NN(c2ccccc2)C(=O)C1=C1Sc2c(O)c3c(c(O)c2S1)SC(=C(C#N)C#N)S3. The maximum Gasteiger partial charge on any atom is 0.282 e. The van der Waals surface area contributed by atoms with Crippen molar-refractivity contribution >= 4 is 64.4 Å². The molecule has 2 aromatic carbocycles. The molecular weight excluding hydrogens is 485 g/mol. The second-order valence-electron chi connectivity index (χ2n) is 6.61. The average molecular weight is 495 g/mol. The number of amides is 1. The summed E-state index contributed by atoms with van der Waals surface area (Å²) in [6.45, 7) is 1.75. The Morgan fingerprint density at radius 2 is 1.47 bits per heavy atom. The van der Waals surface area contributed by atoms with Crippen LogP contribution in [-0.2, 0) is 4.79 Å². The number of phenolic OH excluding ortho intramolecular Hbond substituents is 2. The highest BCUT2D eigenvalue weighted by Gasteiger charge is 2.39. The summed E-state index contributed by atoms with van der Waals surface area (Å²) in [4.78, 5) is 14.8. The highest BCUT2D eigenvalue weighted by atomic mass is 32.2. The van der Waals surface area contributed by atoms with Gasteiger partial charge in [-0.1, -0.05) is 65.2 Å². The van der Waals surface area contributed by atoms with Crippen LogP contribution in [0.4, 0.5) is 5.69 Å². The molecule has 0 spiro atoms. The summed E-state index contributed by atoms with van der Waals surface area (Å²) in [5.41, 5.74) is 1.56. The number of carbonyl (C=O) groups is 1. The molecule has 0 atom stereocenters. The van der Waals surface area contributed by atoms with E-state index in [0.29, 0.717) is 45.0 Å². The normalized spacial score (nSPS) is 16.6. The molecule has 11 heteroatoms. The molecule has 0 saturated carbocycles. The third-order valence-electron chi connectivity index (χ3n) is 4.70. The quantitative estimate of drug-likeness (QED) is 0.305. The van der Waals surface area contributed by atoms with E-state index in [-0.39, 0.29) is 23.0 Å². The molecule has 0 radical (unpaired) electrons. The standard InChI is InChI=1S/C21H10N4O3S4/c1-9-12(19(28)25(24-9)11-5-3-2-4-6-11)21-31-17-13(26)15-16(14(27)18(17)32-21)30-20(29-15)10(7-22)8-23/h2-6,26-27H,1H3. The number of aromatic hydroxyl groups is 2. The highest BCUT2D eigenvalue weighted by molar-refractivity contribution is 8.26. The second-order valence-corrected chi connectivity index (χ2v) is 11.2. The molecule has 0 aromatic heterocycles. The summed E-state index contributed by atoms with van der Waals surface area (Å²) in [6, 6.07) is 12.8. The predicted octanol–water partition coefficient (Wildman–Crippen LogP) is 5.39. The zero-order chi connectivity index (χ0) is 22.6. The van der Waals surface area contributed by atoms with Gasteiger partial charge in [-0.2, -0.15) is 20.6 Å². The maximum absolute atomic E-state index is 13.1. The van der Waals surface area contributed by atoms with Crippen LogP contribution in [0.5, 0.6) is 11.5 Å². The van der Waals surface area contributed by atoms with Gasteiger partial charge in [-0.15, -0.1) is 0 Å². The van der Waals surface area contributed by atoms with Crippen LogP contribution in [0, 0.1) is 22.7 Å². The predicted molar refractivity (Wildman–Crippen MR) is 126 cm³/mol. The van der Waals surface area contributed by atoms with Crippen LogP contribution in [0.2, 0.25) is 0 Å². The number of para-hydroxylation sites is 1. The number of thioether (sulfide) groups is 4. The molecule has 0 saturated heterocycles. The van der Waals surface area contributed by atoms with Crippen molar-refractivity contribution in [1.29, 1.82) is 10.5 Å². The molecule has 0 bridgehead atoms. The fraction of sp³-hybridized carbons (Fsp3) is 0.0476. The minimum atomic E-state index is -0.273. The molecule has 3 aliphatic heterocycles. The first-order valence-corrected chi connectivity index (χ1v) is 12.3. The highest BCUT2D eigenvalue weighted by Crippen LogP contribution is 2.67. The van der Waals surface area contributed by atoms with E-state index < -0.39 is 0 Å². The third-order valence-corrected chi connectivity index (χ3v) is 9.93. The molecule has 7 nitrogen and oxygen atoms in total. The van der Waals surface area contributed by atoms with Crippen LogP contribution < -0.4 is 5.01 Å². The maximum atomic E-state index is 13.1. The van der Waals surface area contributed by atoms with Crippen molar-refractivity contribution in [2.45, 2.75) is 26.5 Å². The number of nitriles is 2. The Bertz CT molecular complexity index is 1340. The lowest BCUT2D eigenvalue weighted by atomic mass is 10.2. The van der Waals surface area contributed by atoms with Crippen LogP contribution in [0.25, 0.3) is 0 Å². The molecule has 156 valence electrons. The van der Waals surface area contributed by atoms with E-state index in [4.69, 9.17) is 10.5 Å². The summed E-state index contributed by atoms with van der Waals surface area (Å²) < 4.78 is 1.04. The molecule has 2 N–H and O–H groups in total. The number of benzene rings is 2. The average Bonchev–Trinajstić information content (AvgIpc) is 3.50. The summed E-state index contributed by atoms with van der Waals surface area (Å²) in [5, 5.41) is 45.8. The van der Waals surface area contributed by atoms with Crippen molar-refractivity contribution in [2.24, 2.45) is 5.10 Å². The Labute approximate surface area is 199 Å². The van der Waals surface area contributed by atoms with Crippen LogP contribution >= 0.6 is 47.0 Å². The number of rotatable bonds is 1. The van der Waals surface area contributed by atoms with Crippen molar-refractivity contribution in [1.82, 2.24) is 0 Å². The van der Waals surface area contributed by atoms with E-state index >= 15 is 0 Å². The number of fused-ring (bicyclic) bond motifs is 2. The van der Waals surface area contributed by atoms with Crippen LogP contribution in [0.15, 0.2) is 74.6 Å². The summed E-state index contributed by atoms with van der Waals surface area (Å²) in [5.74, 6) is -0.350. The lowest BCUT2D eigenvalue weighted by molar-refractivity contribution is -0.114. The number of carbonyl (C=O) groups excluding carboxylic acids is 1. The van der Waals surface area contributed by atoms with E-state index in [1.165, 1.54) is 28.5 Å². The molecule has 3 heterocycles. The number of hydrogen-bond donors (Lipinski definition) is 2. The zero-order valence-corrected chi connectivity index (χ0v) is 19.4. The van der Waals surface area contributed by atoms with Gasteiger partial charge in [0.15, 0.2) is 0 Å². The lowest BCUT2D eigenvalue weighted by Gasteiger charge is -2.11. The van der Waals surface area contributed by atoms with Gasteiger partial charge in [-0.3, -0.25) is 4.79 Å². The van der Waals surface area contributed by atoms with Gasteiger partial charge in [0.2, 0.25) is 0 Å². The number of phenols is 2. The summed E-state index contributed by atoms with van der Waals surface area (Å²) >= 11 is 4.57. The van der Waals surface area contributed by atoms with Crippen LogP contribution in [0.3, 0.4) is 0 Å². The zero-order valence-electron chi connectivity index (χ0n) is 16.1. The largest absolute Gasteiger partial charge is 0.505 e. The van der Waals surface area contributed by atoms with Gasteiger partial charge < -0.3 is 10.2 Å². The number of allylic oxidation sites excluding steroid dienone is 1. The Morgan fingerprint density at radius 1 is 0.938 bits per heavy atom. The van der Waals surface area contributed by atoms with Crippen LogP contribution in [-0.4, -0.2) is 21.8 Å². The van der Waals surface area contributed by atoms with Crippen molar-refractivity contribution in [3.8, 4) is 23.6 Å². The van der Waals surface area contributed by atoms with E-state index in [0.717, 1.165) is 23.5 Å². The fourth-order valence-electron chi connectivity index (χ4n) is 3.23. The van der Waals surface area contributed by atoms with Gasteiger partial charge in [0, 0.05) is 0 Å². The first-order chi connectivity index (χ1) is 15.4. The molecule has 0 aliphatic carbocycles. The van der Waals surface area contributed by atoms with Crippen molar-refractivity contribution in [3.63, 3.8) is 0 Å². The minimum Gasteiger partial charge on any atom is -0.505 e. The van der Waals surface area contributed by atoms with Gasteiger partial charge in [-0.05, 0) is 19.1 Å². The van der Waals surface area contributed by atoms with E-state index in [9.17, 15) is 15.0 Å². The Balaban J connectivity index is 1.54. The number of hydrazone groups is 1. The van der Waals surface area contributed by atoms with E-state index in [2.05, 4.69) is 5.10 Å². The molecule has 2 aromatic rings. The molecule has 3 aliphatic rings. The minimum absolute atomic E-state index is 0.0383. The second kappa shape index (κ2) is 7.87. The smallest absolute Gasteiger partial charge is 0.282 e. The lowest BCUT2D eigenvalue weighted by Crippen LogP contribution is -2.21. The van der Waals surface area contributed by atoms with Gasteiger partial charge in [0.1, 0.15) is 29.2 Å². The molecule has 32 heavy (non-hydrogen) atoms. The Morgan fingerprint density at radius 3 is 2.00 bits per heavy atom.